The van der Waals surface area contributed by atoms with E-state index in [1.165, 1.54) is 24.9 Å². The second kappa shape index (κ2) is 7.19. The average molecular weight is 288 g/mol. The molecule has 0 aliphatic carbocycles. The highest BCUT2D eigenvalue weighted by atomic mass is 16.1. The zero-order valence-electron chi connectivity index (χ0n) is 13.8. The lowest BCUT2D eigenvalue weighted by Gasteiger charge is -2.25. The molecule has 1 fully saturated rings. The average Bonchev–Trinajstić information content (AvgIpc) is 2.84. The summed E-state index contributed by atoms with van der Waals surface area (Å²) in [5.41, 5.74) is 2.11. The zero-order valence-corrected chi connectivity index (χ0v) is 13.8. The predicted molar refractivity (Wildman–Crippen MR) is 88.0 cm³/mol. The van der Waals surface area contributed by atoms with Gasteiger partial charge in [-0.1, -0.05) is 38.1 Å². The van der Waals surface area contributed by atoms with Gasteiger partial charge in [-0.3, -0.25) is 9.69 Å². The second-order valence-corrected chi connectivity index (χ2v) is 6.67. The fourth-order valence-corrected chi connectivity index (χ4v) is 3.02. The van der Waals surface area contributed by atoms with Gasteiger partial charge in [0, 0.05) is 18.2 Å². The lowest BCUT2D eigenvalue weighted by atomic mass is 10.0. The van der Waals surface area contributed by atoms with Gasteiger partial charge in [-0.05, 0) is 45.0 Å². The van der Waals surface area contributed by atoms with E-state index in [4.69, 9.17) is 0 Å². The lowest BCUT2D eigenvalue weighted by Crippen LogP contribution is -2.38. The van der Waals surface area contributed by atoms with Crippen LogP contribution in [0.15, 0.2) is 24.3 Å². The number of carbonyl (C=O) groups excluding carboxylic acids is 1. The van der Waals surface area contributed by atoms with Gasteiger partial charge in [0.05, 0.1) is 6.54 Å². The summed E-state index contributed by atoms with van der Waals surface area (Å²) in [5.74, 6) is 0.725. The van der Waals surface area contributed by atoms with E-state index in [2.05, 4.69) is 42.8 Å². The molecule has 1 saturated heterocycles. The minimum atomic E-state index is 0.216. The molecule has 0 amide bonds. The van der Waals surface area contributed by atoms with Crippen molar-refractivity contribution in [3.05, 3.63) is 35.4 Å². The van der Waals surface area contributed by atoms with Gasteiger partial charge >= 0.3 is 0 Å². The molecule has 1 aromatic carbocycles. The van der Waals surface area contributed by atoms with E-state index in [-0.39, 0.29) is 5.78 Å². The number of ketones is 1. The summed E-state index contributed by atoms with van der Waals surface area (Å²) < 4.78 is 0. The molecule has 1 heterocycles. The summed E-state index contributed by atoms with van der Waals surface area (Å²) in [6, 6.07) is 8.68. The standard InChI is InChI=1S/C18H28N2O/c1-14(2)15-7-9-16(10-8-15)18(21)13-19(3)12-17-6-5-11-20(17)4/h7-10,14,17H,5-6,11-13H2,1-4H3. The largest absolute Gasteiger partial charge is 0.302 e. The Labute approximate surface area is 128 Å². The molecule has 0 aromatic heterocycles. The maximum Gasteiger partial charge on any atom is 0.176 e. The number of hydrogen-bond donors (Lipinski definition) is 0. The molecule has 21 heavy (non-hydrogen) atoms. The minimum Gasteiger partial charge on any atom is -0.302 e. The summed E-state index contributed by atoms with van der Waals surface area (Å²) >= 11 is 0. The highest BCUT2D eigenvalue weighted by molar-refractivity contribution is 5.97. The van der Waals surface area contributed by atoms with Crippen molar-refractivity contribution in [1.82, 2.24) is 9.80 Å². The van der Waals surface area contributed by atoms with Crippen LogP contribution < -0.4 is 0 Å². The van der Waals surface area contributed by atoms with Crippen LogP contribution in [0.3, 0.4) is 0 Å². The summed E-state index contributed by atoms with van der Waals surface area (Å²) in [7, 11) is 4.23. The van der Waals surface area contributed by atoms with Crippen LogP contribution >= 0.6 is 0 Å². The van der Waals surface area contributed by atoms with Gasteiger partial charge in [0.15, 0.2) is 5.78 Å². The van der Waals surface area contributed by atoms with E-state index in [1.54, 1.807) is 0 Å². The number of rotatable bonds is 6. The topological polar surface area (TPSA) is 23.6 Å². The van der Waals surface area contributed by atoms with Gasteiger partial charge in [-0.25, -0.2) is 0 Å². The second-order valence-electron chi connectivity index (χ2n) is 6.67. The van der Waals surface area contributed by atoms with Gasteiger partial charge in [-0.2, -0.15) is 0 Å². The van der Waals surface area contributed by atoms with Gasteiger partial charge < -0.3 is 4.90 Å². The number of carbonyl (C=O) groups is 1. The zero-order chi connectivity index (χ0) is 15.4. The Balaban J connectivity index is 1.88. The maximum absolute atomic E-state index is 12.3. The summed E-state index contributed by atoms with van der Waals surface area (Å²) in [4.78, 5) is 16.9. The molecule has 1 unspecified atom stereocenters. The summed E-state index contributed by atoms with van der Waals surface area (Å²) in [6.45, 7) is 7.01. The van der Waals surface area contributed by atoms with Crippen LogP contribution in [0.4, 0.5) is 0 Å². The first-order chi connectivity index (χ1) is 9.97. The lowest BCUT2D eigenvalue weighted by molar-refractivity contribution is 0.0932. The molecule has 1 aliphatic heterocycles. The van der Waals surface area contributed by atoms with Crippen LogP contribution in [0, 0.1) is 0 Å². The van der Waals surface area contributed by atoms with Gasteiger partial charge in [-0.15, -0.1) is 0 Å². The van der Waals surface area contributed by atoms with Crippen LogP contribution in [0.1, 0.15) is 48.5 Å². The van der Waals surface area contributed by atoms with Gasteiger partial charge in [0.25, 0.3) is 0 Å². The number of nitrogens with zero attached hydrogens (tertiary/aromatic N) is 2. The SMILES string of the molecule is CC(C)c1ccc(C(=O)CN(C)CC2CCCN2C)cc1. The Morgan fingerprint density at radius 2 is 2.00 bits per heavy atom. The predicted octanol–water partition coefficient (Wildman–Crippen LogP) is 3.02. The Morgan fingerprint density at radius 1 is 1.33 bits per heavy atom. The quantitative estimate of drug-likeness (QED) is 0.752. The van der Waals surface area contributed by atoms with Gasteiger partial charge in [0.2, 0.25) is 0 Å². The fraction of sp³-hybridized carbons (Fsp3) is 0.611. The Morgan fingerprint density at radius 3 is 2.52 bits per heavy atom. The van der Waals surface area contributed by atoms with Gasteiger partial charge in [0.1, 0.15) is 0 Å². The van der Waals surface area contributed by atoms with E-state index in [0.29, 0.717) is 18.5 Å². The third-order valence-electron chi connectivity index (χ3n) is 4.51. The number of likely N-dealkylation sites (N-methyl/N-ethyl adjacent to an activating group) is 2. The van der Waals surface area contributed by atoms with Crippen molar-refractivity contribution in [2.75, 3.05) is 33.7 Å². The number of Topliss-reactive ketones (excluding diaryl/α,β-unsaturated/α-hetero) is 1. The first-order valence-corrected chi connectivity index (χ1v) is 7.99. The maximum atomic E-state index is 12.3. The van der Waals surface area contributed by atoms with E-state index in [0.717, 1.165) is 12.1 Å². The van der Waals surface area contributed by atoms with Crippen LogP contribution in [0.25, 0.3) is 0 Å². The molecule has 116 valence electrons. The van der Waals surface area contributed by atoms with E-state index in [9.17, 15) is 4.79 Å². The number of hydrogen-bond acceptors (Lipinski definition) is 3. The Kier molecular flexibility index (Phi) is 5.54. The van der Waals surface area contributed by atoms with Crippen molar-refractivity contribution in [3.8, 4) is 0 Å². The molecule has 0 radical (unpaired) electrons. The van der Waals surface area contributed by atoms with Crippen LogP contribution in [-0.2, 0) is 0 Å². The van der Waals surface area contributed by atoms with E-state index in [1.807, 2.05) is 19.2 Å². The van der Waals surface area contributed by atoms with Crippen molar-refractivity contribution in [1.29, 1.82) is 0 Å². The molecule has 1 atom stereocenters. The number of likely N-dealkylation sites (tertiary alicyclic amines) is 1. The number of benzene rings is 1. The highest BCUT2D eigenvalue weighted by Gasteiger charge is 2.22. The summed E-state index contributed by atoms with van der Waals surface area (Å²) in [5, 5.41) is 0. The molecular formula is C18H28N2O. The monoisotopic (exact) mass is 288 g/mol. The Hall–Kier alpha value is -1.19. The van der Waals surface area contributed by atoms with Crippen molar-refractivity contribution < 1.29 is 4.79 Å². The van der Waals surface area contributed by atoms with Crippen molar-refractivity contribution in [3.63, 3.8) is 0 Å². The van der Waals surface area contributed by atoms with E-state index >= 15 is 0 Å². The van der Waals surface area contributed by atoms with Crippen LogP contribution in [0.2, 0.25) is 0 Å². The first-order valence-electron chi connectivity index (χ1n) is 7.99. The Bertz CT molecular complexity index is 467. The molecular weight excluding hydrogens is 260 g/mol. The van der Waals surface area contributed by atoms with Crippen molar-refractivity contribution in [2.24, 2.45) is 0 Å². The first kappa shape index (κ1) is 16.2. The highest BCUT2D eigenvalue weighted by Crippen LogP contribution is 2.17. The molecule has 0 N–H and O–H groups in total. The fourth-order valence-electron chi connectivity index (χ4n) is 3.02. The molecule has 3 nitrogen and oxygen atoms in total. The molecule has 0 spiro atoms. The van der Waals surface area contributed by atoms with Crippen molar-refractivity contribution >= 4 is 5.78 Å². The third kappa shape index (κ3) is 4.39. The van der Waals surface area contributed by atoms with Crippen molar-refractivity contribution in [2.45, 2.75) is 38.6 Å². The molecule has 2 rings (SSSR count). The third-order valence-corrected chi connectivity index (χ3v) is 4.51. The smallest absolute Gasteiger partial charge is 0.176 e. The molecule has 0 bridgehead atoms. The molecule has 1 aromatic rings. The summed E-state index contributed by atoms with van der Waals surface area (Å²) in [6.07, 6.45) is 2.53. The van der Waals surface area contributed by atoms with Crippen LogP contribution in [-0.4, -0.2) is 55.4 Å². The van der Waals surface area contributed by atoms with Crippen LogP contribution in [0.5, 0.6) is 0 Å². The molecule has 1 aliphatic rings. The minimum absolute atomic E-state index is 0.216. The van der Waals surface area contributed by atoms with E-state index < -0.39 is 0 Å². The molecule has 0 saturated carbocycles. The molecule has 3 heteroatoms. The normalized spacial score (nSPS) is 19.6.